The monoisotopic (exact) mass is 284 g/mol. The van der Waals surface area contributed by atoms with Gasteiger partial charge in [-0.3, -0.25) is 0 Å². The Morgan fingerprint density at radius 2 is 1.05 bits per heavy atom. The van der Waals surface area contributed by atoms with Gasteiger partial charge in [0.15, 0.2) is 0 Å². The summed E-state index contributed by atoms with van der Waals surface area (Å²) in [6, 6.07) is 22.8. The summed E-state index contributed by atoms with van der Waals surface area (Å²) in [4.78, 5) is 0. The maximum Gasteiger partial charge on any atom is -0.0171 e. The van der Waals surface area contributed by atoms with Crippen molar-refractivity contribution in [2.45, 2.75) is 26.7 Å². The van der Waals surface area contributed by atoms with E-state index in [1.165, 1.54) is 43.4 Å². The van der Waals surface area contributed by atoms with Gasteiger partial charge in [0.1, 0.15) is 0 Å². The smallest absolute Gasteiger partial charge is 0.0171 e. The molecule has 4 rings (SSSR count). The van der Waals surface area contributed by atoms with E-state index in [2.05, 4.69) is 81.4 Å². The molecular formula is C22H20. The lowest BCUT2D eigenvalue weighted by atomic mass is 9.95. The van der Waals surface area contributed by atoms with Crippen molar-refractivity contribution in [1.29, 1.82) is 0 Å². The number of rotatable bonds is 1. The van der Waals surface area contributed by atoms with Crippen LogP contribution in [0.5, 0.6) is 0 Å². The van der Waals surface area contributed by atoms with Crippen molar-refractivity contribution in [2.24, 2.45) is 0 Å². The summed E-state index contributed by atoms with van der Waals surface area (Å²) in [6.07, 6.45) is 0. The maximum absolute atomic E-state index is 2.33. The van der Waals surface area contributed by atoms with Crippen LogP contribution in [0.2, 0.25) is 0 Å². The topological polar surface area (TPSA) is 0 Å². The molecule has 0 radical (unpaired) electrons. The van der Waals surface area contributed by atoms with Crippen LogP contribution >= 0.6 is 0 Å². The fraction of sp³-hybridized carbons (Fsp3) is 0.182. The van der Waals surface area contributed by atoms with Crippen LogP contribution in [-0.4, -0.2) is 0 Å². The molecule has 0 saturated heterocycles. The van der Waals surface area contributed by atoms with E-state index in [9.17, 15) is 0 Å². The number of fused-ring (bicyclic) bond motifs is 3. The van der Waals surface area contributed by atoms with Gasteiger partial charge in [-0.2, -0.15) is 0 Å². The zero-order chi connectivity index (χ0) is 15.3. The Kier molecular flexibility index (Phi) is 2.94. The molecule has 0 nitrogen and oxygen atoms in total. The molecule has 4 aromatic carbocycles. The Hall–Kier alpha value is -2.34. The van der Waals surface area contributed by atoms with Crippen molar-refractivity contribution < 1.29 is 0 Å². The fourth-order valence-corrected chi connectivity index (χ4v) is 3.25. The first-order valence-electron chi connectivity index (χ1n) is 7.98. The van der Waals surface area contributed by atoms with Gasteiger partial charge in [0, 0.05) is 0 Å². The highest BCUT2D eigenvalue weighted by molar-refractivity contribution is 6.04. The standard InChI is InChI=1S/C22H20/c1-14(2)16-6-7-18-11-21-12-19-8-15(3)4-5-17(19)10-22(21)13-20(18)9-16/h4-14H,1-3H3. The van der Waals surface area contributed by atoms with Crippen molar-refractivity contribution in [1.82, 2.24) is 0 Å². The molecule has 0 bridgehead atoms. The lowest BCUT2D eigenvalue weighted by Gasteiger charge is -2.09. The van der Waals surface area contributed by atoms with Crippen LogP contribution in [0.25, 0.3) is 32.3 Å². The third-order valence-corrected chi connectivity index (χ3v) is 4.60. The third-order valence-electron chi connectivity index (χ3n) is 4.60. The highest BCUT2D eigenvalue weighted by Gasteiger charge is 2.04. The fourth-order valence-electron chi connectivity index (χ4n) is 3.25. The second-order valence-corrected chi connectivity index (χ2v) is 6.66. The van der Waals surface area contributed by atoms with E-state index in [1.807, 2.05) is 0 Å². The molecule has 22 heavy (non-hydrogen) atoms. The Balaban J connectivity index is 2.03. The van der Waals surface area contributed by atoms with Gasteiger partial charge in [0.25, 0.3) is 0 Å². The largest absolute Gasteiger partial charge is 0.0587 e. The van der Waals surface area contributed by atoms with Crippen LogP contribution in [0.1, 0.15) is 30.9 Å². The average molecular weight is 284 g/mol. The van der Waals surface area contributed by atoms with Crippen LogP contribution in [0, 0.1) is 6.92 Å². The molecule has 0 amide bonds. The molecule has 0 heterocycles. The lowest BCUT2D eigenvalue weighted by molar-refractivity contribution is 0.869. The van der Waals surface area contributed by atoms with Crippen molar-refractivity contribution >= 4 is 32.3 Å². The predicted molar refractivity (Wildman–Crippen MR) is 97.8 cm³/mol. The number of aryl methyl sites for hydroxylation is 1. The molecule has 0 heteroatoms. The molecule has 108 valence electrons. The van der Waals surface area contributed by atoms with E-state index < -0.39 is 0 Å². The molecule has 0 aliphatic carbocycles. The summed E-state index contributed by atoms with van der Waals surface area (Å²) >= 11 is 0. The van der Waals surface area contributed by atoms with E-state index in [1.54, 1.807) is 0 Å². The van der Waals surface area contributed by atoms with E-state index in [0.29, 0.717) is 5.92 Å². The van der Waals surface area contributed by atoms with Crippen molar-refractivity contribution in [2.75, 3.05) is 0 Å². The van der Waals surface area contributed by atoms with E-state index in [-0.39, 0.29) is 0 Å². The molecule has 0 aliphatic heterocycles. The zero-order valence-corrected chi connectivity index (χ0v) is 13.4. The lowest BCUT2D eigenvalue weighted by Crippen LogP contribution is -1.87. The summed E-state index contributed by atoms with van der Waals surface area (Å²) in [6.45, 7) is 6.65. The minimum Gasteiger partial charge on any atom is -0.0587 e. The minimum absolute atomic E-state index is 0.569. The summed E-state index contributed by atoms with van der Waals surface area (Å²) in [5.74, 6) is 0.569. The molecular weight excluding hydrogens is 264 g/mol. The summed E-state index contributed by atoms with van der Waals surface area (Å²) in [5.41, 5.74) is 2.72. The highest BCUT2D eigenvalue weighted by Crippen LogP contribution is 2.29. The first-order chi connectivity index (χ1) is 10.6. The van der Waals surface area contributed by atoms with Gasteiger partial charge >= 0.3 is 0 Å². The molecule has 0 atom stereocenters. The normalized spacial score (nSPS) is 11.8. The zero-order valence-electron chi connectivity index (χ0n) is 13.4. The molecule has 0 saturated carbocycles. The van der Waals surface area contributed by atoms with Gasteiger partial charge in [-0.25, -0.2) is 0 Å². The second kappa shape index (κ2) is 4.84. The van der Waals surface area contributed by atoms with E-state index in [0.717, 1.165) is 0 Å². The number of hydrogen-bond acceptors (Lipinski definition) is 0. The molecule has 4 aromatic rings. The molecule has 0 N–H and O–H groups in total. The summed E-state index contributed by atoms with van der Waals surface area (Å²) < 4.78 is 0. The SMILES string of the molecule is Cc1ccc2cc3cc4cc(C(C)C)ccc4cc3cc2c1. The van der Waals surface area contributed by atoms with Crippen molar-refractivity contribution in [3.63, 3.8) is 0 Å². The van der Waals surface area contributed by atoms with E-state index >= 15 is 0 Å². The van der Waals surface area contributed by atoms with E-state index in [4.69, 9.17) is 0 Å². The Bertz CT molecular complexity index is 1010. The molecule has 0 aromatic heterocycles. The van der Waals surface area contributed by atoms with Crippen molar-refractivity contribution in [3.8, 4) is 0 Å². The van der Waals surface area contributed by atoms with Crippen LogP contribution in [0.3, 0.4) is 0 Å². The van der Waals surface area contributed by atoms with Crippen LogP contribution in [-0.2, 0) is 0 Å². The first kappa shape index (κ1) is 13.3. The van der Waals surface area contributed by atoms with Gasteiger partial charge in [0.05, 0.1) is 0 Å². The van der Waals surface area contributed by atoms with Crippen LogP contribution < -0.4 is 0 Å². The van der Waals surface area contributed by atoms with Gasteiger partial charge < -0.3 is 0 Å². The molecule has 0 spiro atoms. The number of hydrogen-bond donors (Lipinski definition) is 0. The minimum atomic E-state index is 0.569. The second-order valence-electron chi connectivity index (χ2n) is 6.66. The summed E-state index contributed by atoms with van der Waals surface area (Å²) in [5, 5.41) is 7.95. The van der Waals surface area contributed by atoms with Gasteiger partial charge in [-0.15, -0.1) is 0 Å². The van der Waals surface area contributed by atoms with Crippen LogP contribution in [0.15, 0.2) is 60.7 Å². The van der Waals surface area contributed by atoms with Gasteiger partial charge in [-0.05, 0) is 75.0 Å². The highest BCUT2D eigenvalue weighted by atomic mass is 14.1. The molecule has 0 fully saturated rings. The van der Waals surface area contributed by atoms with Gasteiger partial charge in [-0.1, -0.05) is 55.8 Å². The average Bonchev–Trinajstić information content (AvgIpc) is 2.50. The Morgan fingerprint density at radius 1 is 0.545 bits per heavy atom. The Morgan fingerprint density at radius 3 is 1.68 bits per heavy atom. The quantitative estimate of drug-likeness (QED) is 0.346. The first-order valence-corrected chi connectivity index (χ1v) is 7.98. The predicted octanol–water partition coefficient (Wildman–Crippen LogP) is 6.58. The summed E-state index contributed by atoms with van der Waals surface area (Å²) in [7, 11) is 0. The molecule has 0 aliphatic rings. The van der Waals surface area contributed by atoms with Crippen LogP contribution in [0.4, 0.5) is 0 Å². The van der Waals surface area contributed by atoms with Crippen molar-refractivity contribution in [3.05, 3.63) is 71.8 Å². The Labute approximate surface area is 131 Å². The number of benzene rings is 4. The van der Waals surface area contributed by atoms with Gasteiger partial charge in [0.2, 0.25) is 0 Å². The molecule has 0 unspecified atom stereocenters. The third kappa shape index (κ3) is 2.16. The maximum atomic E-state index is 2.33.